The van der Waals surface area contributed by atoms with Gasteiger partial charge in [0.1, 0.15) is 5.75 Å². The van der Waals surface area contributed by atoms with Gasteiger partial charge in [0.15, 0.2) is 13.2 Å². The molecule has 7 nitrogen and oxygen atoms in total. The van der Waals surface area contributed by atoms with Crippen molar-refractivity contribution in [2.75, 3.05) is 13.2 Å². The first kappa shape index (κ1) is 16.4. The molecule has 25 heavy (non-hydrogen) atoms. The Balaban J connectivity index is 1.67. The number of ether oxygens (including phenoxy) is 1. The molecule has 1 aliphatic rings. The molecule has 7 heteroatoms. The van der Waals surface area contributed by atoms with Gasteiger partial charge in [-0.25, -0.2) is 4.90 Å². The number of hydrogen-bond donors (Lipinski definition) is 0. The number of rotatable bonds is 4. The van der Waals surface area contributed by atoms with Crippen LogP contribution in [-0.2, 0) is 14.4 Å². The fourth-order valence-electron chi connectivity index (χ4n) is 2.25. The number of oxime groups is 1. The third kappa shape index (κ3) is 3.72. The number of amides is 3. The van der Waals surface area contributed by atoms with Crippen molar-refractivity contribution in [3.63, 3.8) is 0 Å². The SMILES string of the molecule is O=C(CON=Cc1ccccc1)N1C(=O)COc2ccccc2C1=O. The predicted octanol–water partition coefficient (Wildman–Crippen LogP) is 1.63. The summed E-state index contributed by atoms with van der Waals surface area (Å²) in [5.41, 5.74) is 0.939. The summed E-state index contributed by atoms with van der Waals surface area (Å²) in [6.07, 6.45) is 1.43. The quantitative estimate of drug-likeness (QED) is 0.480. The maximum atomic E-state index is 12.5. The lowest BCUT2D eigenvalue weighted by atomic mass is 10.2. The van der Waals surface area contributed by atoms with Crippen molar-refractivity contribution in [1.29, 1.82) is 0 Å². The number of nitrogens with zero attached hydrogens (tertiary/aromatic N) is 2. The molecule has 0 saturated heterocycles. The Morgan fingerprint density at radius 2 is 1.84 bits per heavy atom. The second-order valence-electron chi connectivity index (χ2n) is 5.13. The van der Waals surface area contributed by atoms with E-state index in [1.54, 1.807) is 18.2 Å². The molecule has 0 bridgehead atoms. The summed E-state index contributed by atoms with van der Waals surface area (Å²) in [6, 6.07) is 15.5. The van der Waals surface area contributed by atoms with Crippen molar-refractivity contribution in [3.05, 3.63) is 65.7 Å². The summed E-state index contributed by atoms with van der Waals surface area (Å²) < 4.78 is 5.26. The van der Waals surface area contributed by atoms with Crippen LogP contribution in [0.4, 0.5) is 0 Å². The van der Waals surface area contributed by atoms with E-state index in [0.29, 0.717) is 4.90 Å². The van der Waals surface area contributed by atoms with Gasteiger partial charge in [-0.1, -0.05) is 47.6 Å². The summed E-state index contributed by atoms with van der Waals surface area (Å²) in [4.78, 5) is 42.2. The molecule has 3 amide bonds. The van der Waals surface area contributed by atoms with Crippen LogP contribution in [0.15, 0.2) is 59.8 Å². The number of para-hydroxylation sites is 1. The number of carbonyl (C=O) groups excluding carboxylic acids is 3. The van der Waals surface area contributed by atoms with Gasteiger partial charge in [-0.2, -0.15) is 0 Å². The number of imide groups is 3. The van der Waals surface area contributed by atoms with E-state index in [4.69, 9.17) is 9.57 Å². The molecule has 0 saturated carbocycles. The summed E-state index contributed by atoms with van der Waals surface area (Å²) in [5.74, 6) is -2.03. The minimum Gasteiger partial charge on any atom is -0.483 e. The Hall–Kier alpha value is -3.48. The molecule has 0 N–H and O–H groups in total. The van der Waals surface area contributed by atoms with Crippen LogP contribution in [0.3, 0.4) is 0 Å². The average molecular weight is 338 g/mol. The molecule has 2 aromatic rings. The molecule has 2 aromatic carbocycles. The van der Waals surface area contributed by atoms with E-state index in [2.05, 4.69) is 5.16 Å². The van der Waals surface area contributed by atoms with Crippen molar-refractivity contribution in [1.82, 2.24) is 4.90 Å². The lowest BCUT2D eigenvalue weighted by Gasteiger charge is -2.15. The second kappa shape index (κ2) is 7.39. The van der Waals surface area contributed by atoms with E-state index >= 15 is 0 Å². The molecule has 1 aliphatic heterocycles. The van der Waals surface area contributed by atoms with Gasteiger partial charge in [0.05, 0.1) is 11.8 Å². The van der Waals surface area contributed by atoms with E-state index < -0.39 is 30.9 Å². The Morgan fingerprint density at radius 3 is 2.64 bits per heavy atom. The van der Waals surface area contributed by atoms with Gasteiger partial charge in [0.2, 0.25) is 0 Å². The van der Waals surface area contributed by atoms with E-state index in [9.17, 15) is 14.4 Å². The Labute approximate surface area is 143 Å². The first-order chi connectivity index (χ1) is 12.2. The van der Waals surface area contributed by atoms with Crippen molar-refractivity contribution in [2.24, 2.45) is 5.16 Å². The lowest BCUT2D eigenvalue weighted by molar-refractivity contribution is -0.144. The molecule has 0 atom stereocenters. The van der Waals surface area contributed by atoms with Crippen LogP contribution in [-0.4, -0.2) is 42.0 Å². The molecule has 0 unspecified atom stereocenters. The first-order valence-electron chi connectivity index (χ1n) is 7.49. The highest BCUT2D eigenvalue weighted by Crippen LogP contribution is 2.23. The molecule has 0 radical (unpaired) electrons. The van der Waals surface area contributed by atoms with Gasteiger partial charge in [-0.3, -0.25) is 14.4 Å². The zero-order chi connectivity index (χ0) is 17.6. The minimum absolute atomic E-state index is 0.148. The van der Waals surface area contributed by atoms with Crippen molar-refractivity contribution in [2.45, 2.75) is 0 Å². The van der Waals surface area contributed by atoms with E-state index in [1.165, 1.54) is 12.3 Å². The summed E-state index contributed by atoms with van der Waals surface area (Å²) in [6.45, 7) is -0.940. The normalized spacial score (nSPS) is 14.0. The summed E-state index contributed by atoms with van der Waals surface area (Å²) in [5, 5.41) is 3.67. The largest absolute Gasteiger partial charge is 0.483 e. The molecule has 0 fully saturated rings. The van der Waals surface area contributed by atoms with Crippen LogP contribution in [0, 0.1) is 0 Å². The maximum absolute atomic E-state index is 12.5. The molecule has 0 aliphatic carbocycles. The van der Waals surface area contributed by atoms with Gasteiger partial charge >= 0.3 is 0 Å². The standard InChI is InChI=1S/C18H14N2O5/c21-16-11-24-15-9-5-4-8-14(15)18(23)20(16)17(22)12-25-19-10-13-6-2-1-3-7-13/h1-10H,11-12H2. The Kier molecular flexibility index (Phi) is 4.84. The Bertz CT molecular complexity index is 832. The number of hydrogen-bond acceptors (Lipinski definition) is 6. The van der Waals surface area contributed by atoms with Crippen molar-refractivity contribution < 1.29 is 24.0 Å². The number of fused-ring (bicyclic) bond motifs is 1. The van der Waals surface area contributed by atoms with E-state index in [1.807, 2.05) is 30.3 Å². The number of carbonyl (C=O) groups is 3. The number of benzene rings is 2. The van der Waals surface area contributed by atoms with Crippen LogP contribution in [0.2, 0.25) is 0 Å². The fourth-order valence-corrected chi connectivity index (χ4v) is 2.25. The van der Waals surface area contributed by atoms with Crippen LogP contribution < -0.4 is 4.74 Å². The predicted molar refractivity (Wildman–Crippen MR) is 88.1 cm³/mol. The van der Waals surface area contributed by atoms with Gasteiger partial charge in [-0.15, -0.1) is 0 Å². The zero-order valence-electron chi connectivity index (χ0n) is 13.1. The van der Waals surface area contributed by atoms with Crippen LogP contribution in [0.25, 0.3) is 0 Å². The van der Waals surface area contributed by atoms with Gasteiger partial charge < -0.3 is 9.57 Å². The zero-order valence-corrected chi connectivity index (χ0v) is 13.1. The van der Waals surface area contributed by atoms with Crippen LogP contribution in [0.1, 0.15) is 15.9 Å². The highest BCUT2D eigenvalue weighted by molar-refractivity contribution is 6.18. The van der Waals surface area contributed by atoms with Gasteiger partial charge in [0, 0.05) is 0 Å². The van der Waals surface area contributed by atoms with Crippen molar-refractivity contribution >= 4 is 23.9 Å². The Morgan fingerprint density at radius 1 is 1.12 bits per heavy atom. The van der Waals surface area contributed by atoms with E-state index in [-0.39, 0.29) is 11.3 Å². The van der Waals surface area contributed by atoms with Gasteiger partial charge in [0.25, 0.3) is 17.7 Å². The fraction of sp³-hybridized carbons (Fsp3) is 0.111. The second-order valence-corrected chi connectivity index (χ2v) is 5.13. The third-order valence-electron chi connectivity index (χ3n) is 3.43. The summed E-state index contributed by atoms with van der Waals surface area (Å²) >= 11 is 0. The molecule has 0 spiro atoms. The third-order valence-corrected chi connectivity index (χ3v) is 3.43. The molecule has 126 valence electrons. The van der Waals surface area contributed by atoms with Crippen LogP contribution in [0.5, 0.6) is 5.75 Å². The first-order valence-corrected chi connectivity index (χ1v) is 7.49. The molecule has 0 aromatic heterocycles. The molecule has 1 heterocycles. The van der Waals surface area contributed by atoms with Gasteiger partial charge in [-0.05, 0) is 17.7 Å². The monoisotopic (exact) mass is 338 g/mol. The van der Waals surface area contributed by atoms with E-state index in [0.717, 1.165) is 5.56 Å². The topological polar surface area (TPSA) is 85.3 Å². The maximum Gasteiger partial charge on any atom is 0.277 e. The molecular formula is C18H14N2O5. The van der Waals surface area contributed by atoms with Crippen LogP contribution >= 0.6 is 0 Å². The van der Waals surface area contributed by atoms with Crippen molar-refractivity contribution in [3.8, 4) is 5.75 Å². The molecular weight excluding hydrogens is 324 g/mol. The highest BCUT2D eigenvalue weighted by atomic mass is 16.6. The summed E-state index contributed by atoms with van der Waals surface area (Å²) in [7, 11) is 0. The average Bonchev–Trinajstić information content (AvgIpc) is 2.76. The lowest BCUT2D eigenvalue weighted by Crippen LogP contribution is -2.44. The minimum atomic E-state index is -0.805. The molecule has 3 rings (SSSR count). The smallest absolute Gasteiger partial charge is 0.277 e. The highest BCUT2D eigenvalue weighted by Gasteiger charge is 2.34.